The van der Waals surface area contributed by atoms with Crippen molar-refractivity contribution in [3.05, 3.63) is 42.0 Å². The number of carbonyl (C=O) groups excluding carboxylic acids is 3. The average Bonchev–Trinajstić information content (AvgIpc) is 3.23. The van der Waals surface area contributed by atoms with Gasteiger partial charge < -0.3 is 9.47 Å². The molecule has 0 unspecified atom stereocenters. The highest BCUT2D eigenvalue weighted by atomic mass is 19.4. The number of fused-ring (bicyclic) bond motifs is 5. The molecule has 2 amide bonds. The van der Waals surface area contributed by atoms with Gasteiger partial charge in [-0.3, -0.25) is 14.4 Å². The van der Waals surface area contributed by atoms with Crippen LogP contribution in [-0.4, -0.2) is 36.1 Å². The number of anilines is 1. The van der Waals surface area contributed by atoms with E-state index in [-0.39, 0.29) is 12.3 Å². The summed E-state index contributed by atoms with van der Waals surface area (Å²) < 4.78 is 49.7. The minimum atomic E-state index is -4.60. The quantitative estimate of drug-likeness (QED) is 0.455. The van der Waals surface area contributed by atoms with E-state index in [1.165, 1.54) is 13.0 Å². The number of ether oxygens (including phenoxy) is 2. The summed E-state index contributed by atoms with van der Waals surface area (Å²) in [5.74, 6) is -3.66. The van der Waals surface area contributed by atoms with Gasteiger partial charge in [0, 0.05) is 6.92 Å². The molecule has 1 aromatic carbocycles. The van der Waals surface area contributed by atoms with Gasteiger partial charge in [-0.05, 0) is 24.3 Å². The molecule has 0 aliphatic carbocycles. The summed E-state index contributed by atoms with van der Waals surface area (Å²) in [6, 6.07) is 4.06. The van der Waals surface area contributed by atoms with Crippen LogP contribution in [0.25, 0.3) is 0 Å². The second-order valence-electron chi connectivity index (χ2n) is 6.74. The summed E-state index contributed by atoms with van der Waals surface area (Å²) in [5, 5.41) is 0. The molecule has 3 aliphatic rings. The predicted octanol–water partition coefficient (Wildman–Crippen LogP) is 2.08. The normalized spacial score (nSPS) is 31.6. The molecule has 0 aromatic heterocycles. The summed E-state index contributed by atoms with van der Waals surface area (Å²) in [6.45, 7) is 0.960. The van der Waals surface area contributed by atoms with Gasteiger partial charge in [-0.15, -0.1) is 0 Å². The van der Waals surface area contributed by atoms with Gasteiger partial charge in [0.2, 0.25) is 11.8 Å². The lowest BCUT2D eigenvalue weighted by Gasteiger charge is -2.28. The maximum absolute atomic E-state index is 13.0. The Morgan fingerprint density at radius 3 is 2.70 bits per heavy atom. The zero-order valence-electron chi connectivity index (χ0n) is 14.0. The molecule has 3 heterocycles. The third-order valence-corrected chi connectivity index (χ3v) is 5.09. The highest BCUT2D eigenvalue weighted by Gasteiger charge is 2.68. The fourth-order valence-electron chi connectivity index (χ4n) is 3.96. The number of amides is 2. The van der Waals surface area contributed by atoms with Gasteiger partial charge in [-0.1, -0.05) is 12.1 Å². The molecule has 0 spiro atoms. The Kier molecular flexibility index (Phi) is 3.71. The van der Waals surface area contributed by atoms with Crippen LogP contribution in [-0.2, 0) is 30.0 Å². The molecule has 1 aromatic rings. The lowest BCUT2D eigenvalue weighted by atomic mass is 9.77. The van der Waals surface area contributed by atoms with Crippen molar-refractivity contribution in [2.75, 3.05) is 11.5 Å². The van der Waals surface area contributed by atoms with E-state index in [0.717, 1.165) is 23.1 Å². The molecule has 2 fully saturated rings. The topological polar surface area (TPSA) is 72.9 Å². The Morgan fingerprint density at radius 1 is 1.30 bits per heavy atom. The zero-order chi connectivity index (χ0) is 19.6. The summed E-state index contributed by atoms with van der Waals surface area (Å²) in [4.78, 5) is 37.7. The first-order chi connectivity index (χ1) is 12.6. The van der Waals surface area contributed by atoms with Gasteiger partial charge in [-0.2, -0.15) is 13.2 Å². The minimum Gasteiger partial charge on any atom is -0.462 e. The standard InChI is InChI=1S/C18H14F3NO5/c1-9(23)26-8-17-6-5-12(27-17)13-14(17)16(25)22(15(13)24)11-4-2-3-10(7-11)18(19,20)21/h2-7,12-14H,8H2,1H3/t12-,13-,14-,17-/m1/s1. The van der Waals surface area contributed by atoms with E-state index in [9.17, 15) is 27.6 Å². The van der Waals surface area contributed by atoms with E-state index in [4.69, 9.17) is 9.47 Å². The molecule has 0 saturated carbocycles. The molecule has 4 atom stereocenters. The molecule has 3 aliphatic heterocycles. The van der Waals surface area contributed by atoms with Gasteiger partial charge in [-0.25, -0.2) is 4.90 Å². The molecular formula is C18H14F3NO5. The summed E-state index contributed by atoms with van der Waals surface area (Å²) in [6.07, 6.45) is -2.08. The van der Waals surface area contributed by atoms with Crippen LogP contribution >= 0.6 is 0 Å². The predicted molar refractivity (Wildman–Crippen MR) is 84.3 cm³/mol. The van der Waals surface area contributed by atoms with Crippen molar-refractivity contribution < 1.29 is 37.0 Å². The molecule has 27 heavy (non-hydrogen) atoms. The van der Waals surface area contributed by atoms with Crippen molar-refractivity contribution >= 4 is 23.5 Å². The van der Waals surface area contributed by atoms with Crippen molar-refractivity contribution in [3.63, 3.8) is 0 Å². The van der Waals surface area contributed by atoms with E-state index < -0.39 is 53.1 Å². The SMILES string of the molecule is CC(=O)OC[C@@]12C=C[C@@H](O1)[C@H]1C(=O)N(c3cccc(C(F)(F)F)c3)C(=O)[C@@H]12. The van der Waals surface area contributed by atoms with Gasteiger partial charge in [0.1, 0.15) is 12.2 Å². The fraction of sp³-hybridized carbons (Fsp3) is 0.389. The van der Waals surface area contributed by atoms with Crippen molar-refractivity contribution in [1.29, 1.82) is 0 Å². The second-order valence-corrected chi connectivity index (χ2v) is 6.74. The molecule has 9 heteroatoms. The van der Waals surface area contributed by atoms with E-state index in [1.807, 2.05) is 0 Å². The number of carbonyl (C=O) groups is 3. The smallest absolute Gasteiger partial charge is 0.416 e. The van der Waals surface area contributed by atoms with Crippen molar-refractivity contribution in [2.45, 2.75) is 24.8 Å². The number of halogens is 3. The van der Waals surface area contributed by atoms with E-state index in [0.29, 0.717) is 0 Å². The minimum absolute atomic E-state index is 0.142. The van der Waals surface area contributed by atoms with E-state index >= 15 is 0 Å². The van der Waals surface area contributed by atoms with Gasteiger partial charge in [0.05, 0.1) is 29.2 Å². The summed E-state index contributed by atoms with van der Waals surface area (Å²) >= 11 is 0. The van der Waals surface area contributed by atoms with Crippen LogP contribution in [0.15, 0.2) is 36.4 Å². The number of imide groups is 1. The number of benzene rings is 1. The average molecular weight is 381 g/mol. The Bertz CT molecular complexity index is 880. The van der Waals surface area contributed by atoms with Crippen molar-refractivity contribution in [2.24, 2.45) is 11.8 Å². The molecule has 6 nitrogen and oxygen atoms in total. The molecule has 142 valence electrons. The second kappa shape index (κ2) is 5.66. The van der Waals surface area contributed by atoms with Crippen LogP contribution in [0, 0.1) is 11.8 Å². The Morgan fingerprint density at radius 2 is 2.04 bits per heavy atom. The third-order valence-electron chi connectivity index (χ3n) is 5.09. The first-order valence-electron chi connectivity index (χ1n) is 8.20. The van der Waals surface area contributed by atoms with Crippen LogP contribution in [0.3, 0.4) is 0 Å². The van der Waals surface area contributed by atoms with Crippen LogP contribution in [0.1, 0.15) is 12.5 Å². The van der Waals surface area contributed by atoms with Crippen molar-refractivity contribution in [3.8, 4) is 0 Å². The van der Waals surface area contributed by atoms with Gasteiger partial charge in [0.25, 0.3) is 0 Å². The maximum Gasteiger partial charge on any atom is 0.416 e. The van der Waals surface area contributed by atoms with E-state index in [1.54, 1.807) is 12.2 Å². The highest BCUT2D eigenvalue weighted by molar-refractivity contribution is 6.23. The fourth-order valence-corrected chi connectivity index (χ4v) is 3.96. The van der Waals surface area contributed by atoms with E-state index in [2.05, 4.69) is 0 Å². The largest absolute Gasteiger partial charge is 0.462 e. The first-order valence-corrected chi connectivity index (χ1v) is 8.20. The molecule has 0 N–H and O–H groups in total. The number of esters is 1. The van der Waals surface area contributed by atoms with Crippen LogP contribution in [0.5, 0.6) is 0 Å². The number of hydrogen-bond donors (Lipinski definition) is 0. The lowest BCUT2D eigenvalue weighted by Crippen LogP contribution is -2.44. The number of rotatable bonds is 3. The molecule has 2 bridgehead atoms. The molecule has 4 rings (SSSR count). The van der Waals surface area contributed by atoms with Gasteiger partial charge >= 0.3 is 12.1 Å². The first kappa shape index (κ1) is 17.7. The summed E-state index contributed by atoms with van der Waals surface area (Å²) in [7, 11) is 0. The maximum atomic E-state index is 13.0. The Hall–Kier alpha value is -2.68. The van der Waals surface area contributed by atoms with Crippen LogP contribution in [0.4, 0.5) is 18.9 Å². The lowest BCUT2D eigenvalue weighted by molar-refractivity contribution is -0.150. The monoisotopic (exact) mass is 381 g/mol. The van der Waals surface area contributed by atoms with Crippen LogP contribution < -0.4 is 4.90 Å². The Balaban J connectivity index is 1.69. The number of nitrogens with zero attached hydrogens (tertiary/aromatic N) is 1. The highest BCUT2D eigenvalue weighted by Crippen LogP contribution is 2.52. The molecular weight excluding hydrogens is 367 g/mol. The number of hydrogen-bond acceptors (Lipinski definition) is 5. The molecule has 2 saturated heterocycles. The molecule has 0 radical (unpaired) electrons. The number of alkyl halides is 3. The Labute approximate surface area is 151 Å². The van der Waals surface area contributed by atoms with Gasteiger partial charge in [0.15, 0.2) is 0 Å². The van der Waals surface area contributed by atoms with Crippen molar-refractivity contribution in [1.82, 2.24) is 0 Å². The van der Waals surface area contributed by atoms with Crippen LogP contribution in [0.2, 0.25) is 0 Å². The zero-order valence-corrected chi connectivity index (χ0v) is 14.0. The summed E-state index contributed by atoms with van der Waals surface area (Å²) in [5.41, 5.74) is -2.37. The third kappa shape index (κ3) is 2.56.